The van der Waals surface area contributed by atoms with Gasteiger partial charge in [-0.3, -0.25) is 19.2 Å². The number of hydrogen-bond acceptors (Lipinski definition) is 14. The Hall–Kier alpha value is -2.83. The van der Waals surface area contributed by atoms with Gasteiger partial charge in [0.25, 0.3) is 0 Å². The Morgan fingerprint density at radius 2 is 1.09 bits per heavy atom. The third-order valence-electron chi connectivity index (χ3n) is 13.1. The number of amides is 2. The van der Waals surface area contributed by atoms with Crippen LogP contribution in [-0.2, 0) is 33.4 Å². The summed E-state index contributed by atoms with van der Waals surface area (Å²) in [5, 5.41) is 54.2. The minimum absolute atomic E-state index is 0.0333. The number of anilines is 1. The largest absolute Gasteiger partial charge is 0.462 e. The van der Waals surface area contributed by atoms with Crippen molar-refractivity contribution in [2.24, 2.45) is 0 Å². The van der Waals surface area contributed by atoms with Crippen LogP contribution in [0.4, 0.5) is 5.82 Å². The van der Waals surface area contributed by atoms with Crippen LogP contribution in [0.25, 0.3) is 0 Å². The molecule has 1 fully saturated rings. The lowest BCUT2D eigenvalue weighted by atomic mass is 9.98. The van der Waals surface area contributed by atoms with Crippen molar-refractivity contribution in [1.29, 1.82) is 0 Å². The molecule has 2 amide bonds. The van der Waals surface area contributed by atoms with Crippen molar-refractivity contribution in [1.82, 2.24) is 20.3 Å². The molecular weight excluding hydrogens is 915 g/mol. The molecule has 0 saturated carbocycles. The van der Waals surface area contributed by atoms with E-state index in [2.05, 4.69) is 41.7 Å². The van der Waals surface area contributed by atoms with Crippen molar-refractivity contribution in [2.75, 3.05) is 30.0 Å². The van der Waals surface area contributed by atoms with Crippen LogP contribution < -0.4 is 10.6 Å². The maximum Gasteiger partial charge on any atom is 0.306 e. The summed E-state index contributed by atoms with van der Waals surface area (Å²) in [6, 6.07) is -1.04. The predicted molar refractivity (Wildman–Crippen MR) is 277 cm³/mol. The molecule has 1 aliphatic heterocycles. The standard InChI is InChI=1S/C53H97N5O11S/c1-4-7-10-13-16-19-22-25-28-31-34-46(60)54-43(52(66)55-45-37-58(57-56-45)53-51(65)50(64)49(63)44(38-59)69-53)41-70-40-42(68-48(62)36-33-30-27-24-21-18-15-12-9-6-3)39-67-47(61)35-32-29-26-23-20-17-14-11-8-5-2/h37,42-44,49-51,53,59,63-65H,4-36,38-41H2,1-3H3,(H,54,60)(H,55,66)/t42-,43-,44?,49?,50?,51?,53-/m1/s1. The second-order valence-corrected chi connectivity index (χ2v) is 20.6. The number of aliphatic hydroxyl groups is 4. The number of ether oxygens (including phenoxy) is 3. The summed E-state index contributed by atoms with van der Waals surface area (Å²) < 4.78 is 18.2. The molecule has 2 heterocycles. The van der Waals surface area contributed by atoms with Gasteiger partial charge in [-0.05, 0) is 19.3 Å². The highest BCUT2D eigenvalue weighted by Gasteiger charge is 2.45. The van der Waals surface area contributed by atoms with Crippen LogP contribution in [0.3, 0.4) is 0 Å². The Morgan fingerprint density at radius 1 is 0.629 bits per heavy atom. The fraction of sp³-hybridized carbons (Fsp3) is 0.887. The van der Waals surface area contributed by atoms with Crippen molar-refractivity contribution in [2.45, 2.75) is 275 Å². The minimum Gasteiger partial charge on any atom is -0.462 e. The Labute approximate surface area is 425 Å². The summed E-state index contributed by atoms with van der Waals surface area (Å²) in [5.41, 5.74) is 0. The molecule has 6 N–H and O–H groups in total. The van der Waals surface area contributed by atoms with E-state index in [-0.39, 0.29) is 61.0 Å². The quantitative estimate of drug-likeness (QED) is 0.0264. The zero-order valence-electron chi connectivity index (χ0n) is 43.7. The molecule has 1 aromatic heterocycles. The summed E-state index contributed by atoms with van der Waals surface area (Å²) in [6.45, 7) is 5.91. The molecule has 0 bridgehead atoms. The van der Waals surface area contributed by atoms with E-state index in [9.17, 15) is 39.6 Å². The molecule has 0 aliphatic carbocycles. The molecule has 406 valence electrons. The monoisotopic (exact) mass is 1010 g/mol. The predicted octanol–water partition coefficient (Wildman–Crippen LogP) is 9.79. The first-order valence-corrected chi connectivity index (χ1v) is 28.9. The highest BCUT2D eigenvalue weighted by Crippen LogP contribution is 2.28. The van der Waals surface area contributed by atoms with E-state index >= 15 is 0 Å². The van der Waals surface area contributed by atoms with Crippen molar-refractivity contribution in [3.63, 3.8) is 0 Å². The topological polar surface area (TPSA) is 232 Å². The van der Waals surface area contributed by atoms with Gasteiger partial charge in [0.05, 0.1) is 12.8 Å². The van der Waals surface area contributed by atoms with Gasteiger partial charge in [0.1, 0.15) is 43.2 Å². The second-order valence-electron chi connectivity index (χ2n) is 19.5. The average molecular weight is 1010 g/mol. The maximum absolute atomic E-state index is 13.9. The average Bonchev–Trinajstić information content (AvgIpc) is 3.81. The van der Waals surface area contributed by atoms with Crippen molar-refractivity contribution < 1.29 is 53.8 Å². The minimum atomic E-state index is -1.64. The molecule has 4 unspecified atom stereocenters. The van der Waals surface area contributed by atoms with Gasteiger partial charge in [0, 0.05) is 30.8 Å². The van der Waals surface area contributed by atoms with E-state index in [0.29, 0.717) is 12.8 Å². The van der Waals surface area contributed by atoms with Crippen LogP contribution in [0.1, 0.15) is 239 Å². The number of aliphatic hydroxyl groups excluding tert-OH is 4. The number of unbranched alkanes of at least 4 members (excludes halogenated alkanes) is 27. The number of aromatic nitrogens is 3. The number of carbonyl (C=O) groups is 4. The van der Waals surface area contributed by atoms with E-state index in [1.165, 1.54) is 134 Å². The molecule has 2 rings (SSSR count). The second kappa shape index (κ2) is 41.6. The van der Waals surface area contributed by atoms with Crippen LogP contribution >= 0.6 is 11.8 Å². The molecule has 1 saturated heterocycles. The van der Waals surface area contributed by atoms with Crippen LogP contribution in [-0.4, -0.2) is 120 Å². The lowest BCUT2D eigenvalue weighted by Gasteiger charge is -2.39. The van der Waals surface area contributed by atoms with Crippen LogP contribution in [0, 0.1) is 0 Å². The van der Waals surface area contributed by atoms with Crippen LogP contribution in [0.5, 0.6) is 0 Å². The molecular formula is C53H97N5O11S. The highest BCUT2D eigenvalue weighted by atomic mass is 32.2. The number of carbonyl (C=O) groups excluding carboxylic acids is 4. The highest BCUT2D eigenvalue weighted by molar-refractivity contribution is 7.99. The molecule has 1 aliphatic rings. The number of nitrogens with one attached hydrogen (secondary N) is 2. The van der Waals surface area contributed by atoms with Gasteiger partial charge in [-0.2, -0.15) is 11.8 Å². The molecule has 7 atom stereocenters. The molecule has 16 nitrogen and oxygen atoms in total. The Morgan fingerprint density at radius 3 is 1.57 bits per heavy atom. The van der Waals surface area contributed by atoms with Crippen molar-refractivity contribution in [3.8, 4) is 0 Å². The van der Waals surface area contributed by atoms with E-state index in [0.717, 1.165) is 68.9 Å². The zero-order chi connectivity index (χ0) is 51.0. The van der Waals surface area contributed by atoms with Gasteiger partial charge in [0.15, 0.2) is 12.0 Å². The van der Waals surface area contributed by atoms with Gasteiger partial charge in [-0.15, -0.1) is 5.10 Å². The molecule has 0 spiro atoms. The summed E-state index contributed by atoms with van der Waals surface area (Å²) in [5.74, 6) is -1.32. The maximum atomic E-state index is 13.9. The van der Waals surface area contributed by atoms with Crippen molar-refractivity contribution >= 4 is 41.3 Å². The normalized spacial score (nSPS) is 18.9. The molecule has 70 heavy (non-hydrogen) atoms. The van der Waals surface area contributed by atoms with Crippen molar-refractivity contribution in [3.05, 3.63) is 6.20 Å². The Kier molecular flexibility index (Phi) is 37.6. The van der Waals surface area contributed by atoms with Gasteiger partial charge in [-0.1, -0.05) is 199 Å². The SMILES string of the molecule is CCCCCCCCCCCCC(=O)N[C@H](CSC[C@@H](COC(=O)CCCCCCCCCCCC)OC(=O)CCCCCCCCCCCC)C(=O)Nc1cn([C@@H]2OC(CO)C(O)C(O)C2O)nn1. The van der Waals surface area contributed by atoms with Crippen LogP contribution in [0.15, 0.2) is 6.20 Å². The lowest BCUT2D eigenvalue weighted by molar-refractivity contribution is -0.254. The lowest BCUT2D eigenvalue weighted by Crippen LogP contribution is -2.56. The fourth-order valence-corrected chi connectivity index (χ4v) is 9.68. The van der Waals surface area contributed by atoms with Crippen LogP contribution in [0.2, 0.25) is 0 Å². The van der Waals surface area contributed by atoms with Gasteiger partial charge >= 0.3 is 11.9 Å². The summed E-state index contributed by atoms with van der Waals surface area (Å²) in [4.78, 5) is 53.1. The first-order valence-electron chi connectivity index (χ1n) is 27.8. The third-order valence-corrected chi connectivity index (χ3v) is 14.3. The number of hydrogen-bond donors (Lipinski definition) is 6. The first kappa shape index (κ1) is 63.3. The fourth-order valence-electron chi connectivity index (χ4n) is 8.64. The van der Waals surface area contributed by atoms with Gasteiger partial charge < -0.3 is 45.3 Å². The third kappa shape index (κ3) is 29.6. The summed E-state index contributed by atoms with van der Waals surface area (Å²) >= 11 is 1.29. The Bertz CT molecular complexity index is 1490. The number of rotatable bonds is 45. The zero-order valence-corrected chi connectivity index (χ0v) is 44.5. The molecule has 17 heteroatoms. The molecule has 0 radical (unpaired) electrons. The van der Waals surface area contributed by atoms with E-state index in [4.69, 9.17) is 14.2 Å². The summed E-state index contributed by atoms with van der Waals surface area (Å²) in [7, 11) is 0. The number of nitrogens with zero attached hydrogens (tertiary/aromatic N) is 3. The smallest absolute Gasteiger partial charge is 0.306 e. The van der Waals surface area contributed by atoms with Gasteiger partial charge in [0.2, 0.25) is 11.8 Å². The molecule has 1 aromatic rings. The first-order chi connectivity index (χ1) is 34.0. The van der Waals surface area contributed by atoms with E-state index in [1.54, 1.807) is 0 Å². The van der Waals surface area contributed by atoms with E-state index < -0.39 is 55.3 Å². The van der Waals surface area contributed by atoms with Gasteiger partial charge in [-0.25, -0.2) is 4.68 Å². The summed E-state index contributed by atoms with van der Waals surface area (Å²) in [6.07, 6.45) is 28.1. The van der Waals surface area contributed by atoms with E-state index in [1.807, 2.05) is 0 Å². The Balaban J connectivity index is 2.04. The number of thioether (sulfide) groups is 1. The molecule has 0 aromatic carbocycles. The number of esters is 2.